The first-order valence-corrected chi connectivity index (χ1v) is 12.7. The molecule has 1 aromatic carbocycles. The fourth-order valence-corrected chi connectivity index (χ4v) is 6.68. The van der Waals surface area contributed by atoms with Crippen molar-refractivity contribution in [3.05, 3.63) is 59.2 Å². The number of thiazole rings is 1. The number of amides is 1. The normalized spacial score (nSPS) is 21.5. The molecule has 6 rings (SSSR count). The summed E-state index contributed by atoms with van der Waals surface area (Å²) in [6, 6.07) is 10.3. The topological polar surface area (TPSA) is 62.2 Å². The minimum Gasteiger partial charge on any atom is -0.352 e. The Labute approximate surface area is 194 Å². The highest BCUT2D eigenvalue weighted by Crippen LogP contribution is 2.39. The average molecular weight is 462 g/mol. The van der Waals surface area contributed by atoms with E-state index >= 15 is 0 Å². The SMILES string of the molecule is O=C(C1CC=CCC1c1nc2ccccc2s1)N1CCN(c2ncnc3sccc23)CC1. The third-order valence-electron chi connectivity index (χ3n) is 6.51. The van der Waals surface area contributed by atoms with Gasteiger partial charge in [0, 0.05) is 32.1 Å². The maximum atomic E-state index is 13.6. The Morgan fingerprint density at radius 2 is 1.84 bits per heavy atom. The summed E-state index contributed by atoms with van der Waals surface area (Å²) in [5.74, 6) is 1.38. The number of thiophene rings is 1. The molecule has 4 heterocycles. The molecule has 0 saturated carbocycles. The monoisotopic (exact) mass is 461 g/mol. The third-order valence-corrected chi connectivity index (χ3v) is 8.50. The molecule has 1 saturated heterocycles. The number of hydrogen-bond acceptors (Lipinski definition) is 7. The van der Waals surface area contributed by atoms with Gasteiger partial charge in [0.25, 0.3) is 0 Å². The number of aromatic nitrogens is 3. The van der Waals surface area contributed by atoms with Crippen LogP contribution in [0.1, 0.15) is 23.8 Å². The molecule has 4 aromatic rings. The van der Waals surface area contributed by atoms with E-state index < -0.39 is 0 Å². The van der Waals surface area contributed by atoms with Gasteiger partial charge in [0.2, 0.25) is 5.91 Å². The van der Waals surface area contributed by atoms with Crippen molar-refractivity contribution in [1.82, 2.24) is 19.9 Å². The number of hydrogen-bond donors (Lipinski definition) is 0. The van der Waals surface area contributed by atoms with E-state index in [1.807, 2.05) is 11.0 Å². The van der Waals surface area contributed by atoms with Crippen LogP contribution in [0.15, 0.2) is 54.2 Å². The lowest BCUT2D eigenvalue weighted by atomic mass is 9.82. The van der Waals surface area contributed by atoms with Crippen molar-refractivity contribution in [1.29, 1.82) is 0 Å². The fraction of sp³-hybridized carbons (Fsp3) is 0.333. The van der Waals surface area contributed by atoms with Gasteiger partial charge < -0.3 is 9.80 Å². The van der Waals surface area contributed by atoms with E-state index in [0.29, 0.717) is 0 Å². The molecule has 1 aliphatic heterocycles. The lowest BCUT2D eigenvalue weighted by molar-refractivity contribution is -0.136. The van der Waals surface area contributed by atoms with E-state index in [4.69, 9.17) is 4.98 Å². The zero-order valence-electron chi connectivity index (χ0n) is 17.6. The highest BCUT2D eigenvalue weighted by molar-refractivity contribution is 7.18. The number of nitrogens with zero attached hydrogens (tertiary/aromatic N) is 5. The molecule has 2 aliphatic rings. The van der Waals surface area contributed by atoms with Gasteiger partial charge in [-0.05, 0) is 36.4 Å². The number of carbonyl (C=O) groups excluding carboxylic acids is 1. The highest BCUT2D eigenvalue weighted by Gasteiger charge is 2.36. The van der Waals surface area contributed by atoms with Gasteiger partial charge >= 0.3 is 0 Å². The second-order valence-electron chi connectivity index (χ2n) is 8.32. The minimum atomic E-state index is -0.0326. The van der Waals surface area contributed by atoms with Gasteiger partial charge in [-0.15, -0.1) is 22.7 Å². The largest absolute Gasteiger partial charge is 0.352 e. The van der Waals surface area contributed by atoms with Crippen LogP contribution in [0, 0.1) is 5.92 Å². The molecule has 0 radical (unpaired) electrons. The molecule has 8 heteroatoms. The highest BCUT2D eigenvalue weighted by atomic mass is 32.1. The maximum Gasteiger partial charge on any atom is 0.226 e. The van der Waals surface area contributed by atoms with E-state index in [2.05, 4.69) is 56.7 Å². The number of benzene rings is 1. The van der Waals surface area contributed by atoms with Crippen LogP contribution < -0.4 is 4.90 Å². The smallest absolute Gasteiger partial charge is 0.226 e. The van der Waals surface area contributed by atoms with E-state index in [1.165, 1.54) is 4.70 Å². The number of allylic oxidation sites excluding steroid dienone is 2. The molecule has 2 unspecified atom stereocenters. The van der Waals surface area contributed by atoms with Gasteiger partial charge in [-0.1, -0.05) is 24.3 Å². The van der Waals surface area contributed by atoms with Gasteiger partial charge in [-0.2, -0.15) is 0 Å². The van der Waals surface area contributed by atoms with Crippen molar-refractivity contribution in [3.63, 3.8) is 0 Å². The van der Waals surface area contributed by atoms with E-state index in [-0.39, 0.29) is 17.7 Å². The van der Waals surface area contributed by atoms with E-state index in [1.54, 1.807) is 29.0 Å². The van der Waals surface area contributed by atoms with Gasteiger partial charge in [0.05, 0.1) is 26.5 Å². The Morgan fingerprint density at radius 1 is 1.00 bits per heavy atom. The first kappa shape index (κ1) is 19.8. The van der Waals surface area contributed by atoms with Crippen LogP contribution in [0.5, 0.6) is 0 Å². The lowest BCUT2D eigenvalue weighted by Gasteiger charge is -2.38. The Morgan fingerprint density at radius 3 is 2.72 bits per heavy atom. The van der Waals surface area contributed by atoms with Crippen LogP contribution in [-0.2, 0) is 4.79 Å². The third kappa shape index (κ3) is 3.47. The van der Waals surface area contributed by atoms with Crippen LogP contribution in [0.25, 0.3) is 20.4 Å². The first-order chi connectivity index (χ1) is 15.8. The van der Waals surface area contributed by atoms with Gasteiger partial charge in [0.15, 0.2) is 0 Å². The van der Waals surface area contributed by atoms with Crippen molar-refractivity contribution in [2.75, 3.05) is 31.1 Å². The molecule has 1 amide bonds. The van der Waals surface area contributed by atoms with Crippen LogP contribution >= 0.6 is 22.7 Å². The second-order valence-corrected chi connectivity index (χ2v) is 10.3. The molecule has 162 valence electrons. The number of rotatable bonds is 3. The molecule has 1 aliphatic carbocycles. The minimum absolute atomic E-state index is 0.0326. The quantitative estimate of drug-likeness (QED) is 0.414. The van der Waals surface area contributed by atoms with Gasteiger partial charge in [0.1, 0.15) is 17.0 Å². The zero-order chi connectivity index (χ0) is 21.5. The number of para-hydroxylation sites is 1. The summed E-state index contributed by atoms with van der Waals surface area (Å²) < 4.78 is 1.20. The summed E-state index contributed by atoms with van der Waals surface area (Å²) in [6.45, 7) is 3.03. The number of fused-ring (bicyclic) bond motifs is 2. The summed E-state index contributed by atoms with van der Waals surface area (Å²) in [7, 11) is 0. The molecule has 0 spiro atoms. The molecule has 6 nitrogen and oxygen atoms in total. The molecule has 32 heavy (non-hydrogen) atoms. The molecule has 2 atom stereocenters. The molecule has 0 bridgehead atoms. The molecular formula is C24H23N5OS2. The fourth-order valence-electron chi connectivity index (χ4n) is 4.81. The summed E-state index contributed by atoms with van der Waals surface area (Å²) in [5.41, 5.74) is 1.03. The number of carbonyl (C=O) groups is 1. The van der Waals surface area contributed by atoms with Crippen LogP contribution in [0.2, 0.25) is 0 Å². The number of piperazine rings is 1. The van der Waals surface area contributed by atoms with Crippen LogP contribution in [-0.4, -0.2) is 51.9 Å². The van der Waals surface area contributed by atoms with Crippen LogP contribution in [0.4, 0.5) is 5.82 Å². The summed E-state index contributed by atoms with van der Waals surface area (Å²) >= 11 is 3.37. The van der Waals surface area contributed by atoms with Crippen molar-refractivity contribution in [3.8, 4) is 0 Å². The summed E-state index contributed by atoms with van der Waals surface area (Å²) in [4.78, 5) is 32.7. The predicted octanol–water partition coefficient (Wildman–Crippen LogP) is 4.70. The van der Waals surface area contributed by atoms with E-state index in [0.717, 1.165) is 65.6 Å². The number of anilines is 1. The van der Waals surface area contributed by atoms with Gasteiger partial charge in [-0.3, -0.25) is 4.79 Å². The Balaban J connectivity index is 1.19. The molecular weight excluding hydrogens is 438 g/mol. The van der Waals surface area contributed by atoms with E-state index in [9.17, 15) is 4.79 Å². The lowest BCUT2D eigenvalue weighted by Crippen LogP contribution is -2.51. The zero-order valence-corrected chi connectivity index (χ0v) is 19.2. The molecule has 3 aromatic heterocycles. The Kier molecular flexibility index (Phi) is 5.11. The van der Waals surface area contributed by atoms with Crippen molar-refractivity contribution >= 4 is 54.8 Å². The predicted molar refractivity (Wildman–Crippen MR) is 130 cm³/mol. The standard InChI is InChI=1S/C24H23N5OS2/c30-24(17-6-2-1-5-16(17)23-27-19-7-3-4-8-20(19)32-23)29-12-10-28(11-13-29)21-18-9-14-31-22(18)26-15-25-21/h1-4,7-9,14-17H,5-6,10-13H2. The van der Waals surface area contributed by atoms with Gasteiger partial charge in [-0.25, -0.2) is 15.0 Å². The average Bonchev–Trinajstić information content (AvgIpc) is 3.50. The van der Waals surface area contributed by atoms with Crippen LogP contribution in [0.3, 0.4) is 0 Å². The first-order valence-electron chi connectivity index (χ1n) is 11.0. The molecule has 1 fully saturated rings. The van der Waals surface area contributed by atoms with Crippen molar-refractivity contribution in [2.24, 2.45) is 5.92 Å². The Hall–Kier alpha value is -2.84. The Bertz CT molecular complexity index is 1270. The van der Waals surface area contributed by atoms with Crippen molar-refractivity contribution < 1.29 is 4.79 Å². The maximum absolute atomic E-state index is 13.6. The second kappa shape index (κ2) is 8.26. The summed E-state index contributed by atoms with van der Waals surface area (Å²) in [6.07, 6.45) is 7.69. The summed E-state index contributed by atoms with van der Waals surface area (Å²) in [5, 5.41) is 4.25. The van der Waals surface area contributed by atoms with Crippen molar-refractivity contribution in [2.45, 2.75) is 18.8 Å². The molecule has 0 N–H and O–H groups in total.